The minimum Gasteiger partial charge on any atom is -0.381 e. The Morgan fingerprint density at radius 1 is 1.20 bits per heavy atom. The average molecular weight is 412 g/mol. The fraction of sp³-hybridized carbons (Fsp3) is 0.476. The Hall–Kier alpha value is -2.91. The molecule has 1 aromatic carbocycles. The van der Waals surface area contributed by atoms with Gasteiger partial charge in [0.25, 0.3) is 0 Å². The fourth-order valence-electron chi connectivity index (χ4n) is 4.08. The normalized spacial score (nSPS) is 19.5. The molecule has 2 aliphatic heterocycles. The van der Waals surface area contributed by atoms with E-state index in [9.17, 15) is 9.59 Å². The van der Waals surface area contributed by atoms with Crippen LogP contribution in [0, 0.1) is 6.92 Å². The molecule has 0 radical (unpaired) electrons. The van der Waals surface area contributed by atoms with Crippen molar-refractivity contribution in [2.45, 2.75) is 45.1 Å². The number of imide groups is 1. The molecule has 4 amide bonds. The Labute approximate surface area is 175 Å². The van der Waals surface area contributed by atoms with Gasteiger partial charge in [-0.15, -0.1) is 0 Å². The highest BCUT2D eigenvalue weighted by atomic mass is 16.5. The summed E-state index contributed by atoms with van der Waals surface area (Å²) in [5, 5.41) is 13.4. The summed E-state index contributed by atoms with van der Waals surface area (Å²) >= 11 is 0. The largest absolute Gasteiger partial charge is 0.381 e. The van der Waals surface area contributed by atoms with Crippen LogP contribution in [0.4, 0.5) is 9.59 Å². The van der Waals surface area contributed by atoms with Crippen molar-refractivity contribution >= 4 is 12.1 Å². The monoisotopic (exact) mass is 412 g/mol. The van der Waals surface area contributed by atoms with Crippen LogP contribution in [0.3, 0.4) is 0 Å². The first kappa shape index (κ1) is 20.4. The molecule has 0 spiro atoms. The van der Waals surface area contributed by atoms with Crippen molar-refractivity contribution in [2.24, 2.45) is 7.05 Å². The summed E-state index contributed by atoms with van der Waals surface area (Å²) in [6, 6.07) is 7.19. The number of benzene rings is 1. The van der Waals surface area contributed by atoms with E-state index in [1.165, 1.54) is 4.90 Å². The number of carbonyl (C=O) groups excluding carboxylic acids is 2. The maximum atomic E-state index is 12.6. The van der Waals surface area contributed by atoms with E-state index >= 15 is 0 Å². The molecule has 9 nitrogen and oxygen atoms in total. The van der Waals surface area contributed by atoms with E-state index in [4.69, 9.17) is 4.74 Å². The quantitative estimate of drug-likeness (QED) is 0.699. The summed E-state index contributed by atoms with van der Waals surface area (Å²) in [5.41, 5.74) is 4.17. The Morgan fingerprint density at radius 3 is 2.53 bits per heavy atom. The Balaban J connectivity index is 1.43. The lowest BCUT2D eigenvalue weighted by atomic mass is 10.0. The van der Waals surface area contributed by atoms with Crippen LogP contribution in [-0.4, -0.2) is 52.3 Å². The number of aromatic nitrogens is 2. The smallest absolute Gasteiger partial charge is 0.328 e. The van der Waals surface area contributed by atoms with E-state index in [2.05, 4.69) is 33.2 Å². The lowest BCUT2D eigenvalue weighted by Crippen LogP contribution is -2.70. The predicted octanol–water partition coefficient (Wildman–Crippen LogP) is 2.24. The van der Waals surface area contributed by atoms with Crippen molar-refractivity contribution in [3.63, 3.8) is 0 Å². The number of nitrogens with zero attached hydrogens (tertiary/aromatic N) is 3. The van der Waals surface area contributed by atoms with Crippen LogP contribution in [0.25, 0.3) is 11.1 Å². The number of urea groups is 2. The van der Waals surface area contributed by atoms with E-state index < -0.39 is 6.29 Å². The van der Waals surface area contributed by atoms with Crippen molar-refractivity contribution in [3.05, 3.63) is 41.7 Å². The second kappa shape index (κ2) is 8.45. The number of amides is 4. The molecule has 3 N–H and O–H groups in total. The first-order valence-electron chi connectivity index (χ1n) is 10.3. The zero-order valence-electron chi connectivity index (χ0n) is 17.5. The van der Waals surface area contributed by atoms with Crippen LogP contribution in [0.5, 0.6) is 0 Å². The van der Waals surface area contributed by atoms with Gasteiger partial charge < -0.3 is 15.4 Å². The standard InChI is InChI=1S/C21H28N6O3/c1-13(15-5-4-6-16(11-15)18-12-26(3)25-14(18)2)22-19-23-20(28)27(21(29)24-19)17-7-9-30-10-8-17/h4-6,11-13,17,19,22H,7-10H2,1-3H3,(H,23,28)(H,24,29)/t13-/m0/s1. The summed E-state index contributed by atoms with van der Waals surface area (Å²) in [7, 11) is 1.91. The molecule has 4 rings (SSSR count). The van der Waals surface area contributed by atoms with E-state index in [-0.39, 0.29) is 24.1 Å². The van der Waals surface area contributed by atoms with Gasteiger partial charge in [0.1, 0.15) is 0 Å². The van der Waals surface area contributed by atoms with Gasteiger partial charge in [-0.05, 0) is 43.9 Å². The van der Waals surface area contributed by atoms with Gasteiger partial charge in [-0.3, -0.25) is 10.00 Å². The Bertz CT molecular complexity index is 919. The number of hydrogen-bond acceptors (Lipinski definition) is 5. The molecule has 3 heterocycles. The van der Waals surface area contributed by atoms with Gasteiger partial charge in [-0.25, -0.2) is 14.5 Å². The highest BCUT2D eigenvalue weighted by molar-refractivity contribution is 5.96. The Kier molecular flexibility index (Phi) is 5.74. The first-order valence-corrected chi connectivity index (χ1v) is 10.3. The van der Waals surface area contributed by atoms with E-state index in [0.29, 0.717) is 26.1 Å². The zero-order valence-corrected chi connectivity index (χ0v) is 17.5. The van der Waals surface area contributed by atoms with Gasteiger partial charge in [0.05, 0.1) is 5.69 Å². The van der Waals surface area contributed by atoms with E-state index in [0.717, 1.165) is 22.4 Å². The van der Waals surface area contributed by atoms with Crippen LogP contribution >= 0.6 is 0 Å². The molecule has 1 atom stereocenters. The number of ether oxygens (including phenoxy) is 1. The molecule has 0 saturated carbocycles. The highest BCUT2D eigenvalue weighted by Gasteiger charge is 2.37. The molecule has 2 aliphatic rings. The van der Waals surface area contributed by atoms with Gasteiger partial charge >= 0.3 is 12.1 Å². The number of carbonyl (C=O) groups is 2. The maximum absolute atomic E-state index is 12.6. The molecular weight excluding hydrogens is 384 g/mol. The number of rotatable bonds is 5. The van der Waals surface area contributed by atoms with Gasteiger partial charge in [-0.1, -0.05) is 18.2 Å². The second-order valence-corrected chi connectivity index (χ2v) is 7.86. The van der Waals surface area contributed by atoms with Gasteiger partial charge in [0.2, 0.25) is 0 Å². The molecule has 30 heavy (non-hydrogen) atoms. The third-order valence-electron chi connectivity index (χ3n) is 5.66. The molecule has 0 aliphatic carbocycles. The Morgan fingerprint density at radius 2 is 1.90 bits per heavy atom. The van der Waals surface area contributed by atoms with Crippen LogP contribution in [0.15, 0.2) is 30.5 Å². The lowest BCUT2D eigenvalue weighted by molar-refractivity contribution is 0.0492. The molecule has 0 bridgehead atoms. The van der Waals surface area contributed by atoms with E-state index in [1.807, 2.05) is 39.2 Å². The topological polar surface area (TPSA) is 101 Å². The number of nitrogens with one attached hydrogen (secondary N) is 3. The molecule has 9 heteroatoms. The van der Waals surface area contributed by atoms with Gasteiger partial charge in [-0.2, -0.15) is 5.10 Å². The second-order valence-electron chi connectivity index (χ2n) is 7.86. The van der Waals surface area contributed by atoms with Gasteiger partial charge in [0, 0.05) is 44.1 Å². The molecule has 0 unspecified atom stereocenters. The third-order valence-corrected chi connectivity index (χ3v) is 5.66. The summed E-state index contributed by atoms with van der Waals surface area (Å²) in [6.45, 7) is 5.11. The minimum absolute atomic E-state index is 0.0952. The zero-order chi connectivity index (χ0) is 21.3. The minimum atomic E-state index is -0.639. The predicted molar refractivity (Wildman–Crippen MR) is 111 cm³/mol. The molecule has 2 aromatic rings. The maximum Gasteiger partial charge on any atom is 0.328 e. The van der Waals surface area contributed by atoms with Crippen molar-refractivity contribution in [1.82, 2.24) is 30.6 Å². The van der Waals surface area contributed by atoms with Crippen molar-refractivity contribution in [1.29, 1.82) is 0 Å². The summed E-state index contributed by atoms with van der Waals surface area (Å²) in [6.07, 6.45) is 2.69. The van der Waals surface area contributed by atoms with Crippen molar-refractivity contribution in [2.75, 3.05) is 13.2 Å². The summed E-state index contributed by atoms with van der Waals surface area (Å²) in [4.78, 5) is 26.4. The van der Waals surface area contributed by atoms with Crippen LogP contribution < -0.4 is 16.0 Å². The molecule has 2 fully saturated rings. The molecule has 1 aromatic heterocycles. The number of hydrogen-bond donors (Lipinski definition) is 3. The van der Waals surface area contributed by atoms with Gasteiger partial charge in [0.15, 0.2) is 6.29 Å². The summed E-state index contributed by atoms with van der Waals surface area (Å²) in [5.74, 6) is 0. The average Bonchev–Trinajstić information content (AvgIpc) is 3.06. The van der Waals surface area contributed by atoms with Crippen LogP contribution in [-0.2, 0) is 11.8 Å². The molecular formula is C21H28N6O3. The fourth-order valence-corrected chi connectivity index (χ4v) is 4.08. The number of aryl methyl sites for hydroxylation is 2. The van der Waals surface area contributed by atoms with Crippen LogP contribution in [0.2, 0.25) is 0 Å². The lowest BCUT2D eigenvalue weighted by Gasteiger charge is -2.39. The third kappa shape index (κ3) is 4.17. The molecule has 2 saturated heterocycles. The SMILES string of the molecule is Cc1nn(C)cc1-c1cccc([C@H](C)NC2NC(=O)N(C3CCOCC3)C(=O)N2)c1. The van der Waals surface area contributed by atoms with E-state index in [1.54, 1.807) is 4.68 Å². The van der Waals surface area contributed by atoms with Crippen molar-refractivity contribution in [3.8, 4) is 11.1 Å². The van der Waals surface area contributed by atoms with Crippen LogP contribution in [0.1, 0.15) is 37.1 Å². The highest BCUT2D eigenvalue weighted by Crippen LogP contribution is 2.25. The molecule has 160 valence electrons. The first-order chi connectivity index (χ1) is 14.4. The summed E-state index contributed by atoms with van der Waals surface area (Å²) < 4.78 is 7.13. The van der Waals surface area contributed by atoms with Crippen molar-refractivity contribution < 1.29 is 14.3 Å².